The molecule has 4 heteroatoms. The molecule has 1 rings (SSSR count). The maximum absolute atomic E-state index is 10.7. The normalized spacial score (nSPS) is 11.3. The van der Waals surface area contributed by atoms with E-state index in [-0.39, 0.29) is 5.69 Å². The first kappa shape index (κ1) is 9.67. The summed E-state index contributed by atoms with van der Waals surface area (Å²) in [6.07, 6.45) is 1.44. The second-order valence-electron chi connectivity index (χ2n) is 3.36. The molecule has 0 saturated heterocycles. The minimum absolute atomic E-state index is 0.202. The molecule has 0 aromatic carbocycles. The van der Waals surface area contributed by atoms with Gasteiger partial charge in [0.25, 0.3) is 5.91 Å². The molecule has 1 aromatic rings. The van der Waals surface area contributed by atoms with E-state index < -0.39 is 11.5 Å². The topological polar surface area (TPSA) is 76.2 Å². The molecule has 3 N–H and O–H groups in total. The molecule has 4 nitrogen and oxygen atoms in total. The van der Waals surface area contributed by atoms with Gasteiger partial charge in [-0.3, -0.25) is 9.78 Å². The first-order chi connectivity index (χ1) is 5.91. The zero-order valence-electron chi connectivity index (χ0n) is 7.61. The summed E-state index contributed by atoms with van der Waals surface area (Å²) in [4.78, 5) is 14.5. The average Bonchev–Trinajstić information content (AvgIpc) is 2.03. The van der Waals surface area contributed by atoms with Crippen molar-refractivity contribution < 1.29 is 9.90 Å². The van der Waals surface area contributed by atoms with Gasteiger partial charge in [-0.15, -0.1) is 0 Å². The van der Waals surface area contributed by atoms with Crippen molar-refractivity contribution in [3.8, 4) is 0 Å². The van der Waals surface area contributed by atoms with E-state index >= 15 is 0 Å². The van der Waals surface area contributed by atoms with Crippen molar-refractivity contribution in [3.05, 3.63) is 29.6 Å². The highest BCUT2D eigenvalue weighted by molar-refractivity contribution is 5.90. The molecule has 0 aliphatic heterocycles. The van der Waals surface area contributed by atoms with Gasteiger partial charge >= 0.3 is 0 Å². The number of pyridine rings is 1. The SMILES string of the molecule is CC(C)(O)c1ccc(C(N)=O)nc1. The maximum Gasteiger partial charge on any atom is 0.267 e. The number of aromatic nitrogens is 1. The van der Waals surface area contributed by atoms with Crippen LogP contribution in [0.15, 0.2) is 18.3 Å². The number of hydrogen-bond donors (Lipinski definition) is 2. The van der Waals surface area contributed by atoms with Crippen LogP contribution in [0.5, 0.6) is 0 Å². The average molecular weight is 180 g/mol. The van der Waals surface area contributed by atoms with Crippen LogP contribution in [0.4, 0.5) is 0 Å². The van der Waals surface area contributed by atoms with Gasteiger partial charge in [0.2, 0.25) is 0 Å². The van der Waals surface area contributed by atoms with Gasteiger partial charge in [0.1, 0.15) is 5.69 Å². The summed E-state index contributed by atoms with van der Waals surface area (Å²) in [5.74, 6) is -0.567. The molecule has 13 heavy (non-hydrogen) atoms. The van der Waals surface area contributed by atoms with Crippen LogP contribution in [0, 0.1) is 0 Å². The van der Waals surface area contributed by atoms with Crippen molar-refractivity contribution in [3.63, 3.8) is 0 Å². The number of hydrogen-bond acceptors (Lipinski definition) is 3. The van der Waals surface area contributed by atoms with Gasteiger partial charge in [-0.05, 0) is 19.9 Å². The molecule has 0 fully saturated rings. The second-order valence-corrected chi connectivity index (χ2v) is 3.36. The van der Waals surface area contributed by atoms with E-state index in [2.05, 4.69) is 4.98 Å². The number of rotatable bonds is 2. The van der Waals surface area contributed by atoms with Gasteiger partial charge in [0, 0.05) is 11.8 Å². The molecule has 0 bridgehead atoms. The number of aliphatic hydroxyl groups is 1. The monoisotopic (exact) mass is 180 g/mol. The Hall–Kier alpha value is -1.42. The van der Waals surface area contributed by atoms with Crippen LogP contribution in [-0.2, 0) is 5.60 Å². The lowest BCUT2D eigenvalue weighted by Crippen LogP contribution is -2.18. The lowest BCUT2D eigenvalue weighted by Gasteiger charge is -2.16. The smallest absolute Gasteiger partial charge is 0.267 e. The van der Waals surface area contributed by atoms with Crippen molar-refractivity contribution in [2.75, 3.05) is 0 Å². The van der Waals surface area contributed by atoms with Crippen molar-refractivity contribution in [1.82, 2.24) is 4.98 Å². The van der Waals surface area contributed by atoms with Gasteiger partial charge in [-0.25, -0.2) is 0 Å². The third-order valence-electron chi connectivity index (χ3n) is 1.72. The van der Waals surface area contributed by atoms with Crippen LogP contribution in [-0.4, -0.2) is 16.0 Å². The quantitative estimate of drug-likeness (QED) is 0.692. The van der Waals surface area contributed by atoms with Crippen LogP contribution in [0.1, 0.15) is 29.9 Å². The predicted molar refractivity (Wildman–Crippen MR) is 48.0 cm³/mol. The Morgan fingerprint density at radius 2 is 2.15 bits per heavy atom. The minimum Gasteiger partial charge on any atom is -0.386 e. The van der Waals surface area contributed by atoms with Crippen molar-refractivity contribution in [1.29, 1.82) is 0 Å². The highest BCUT2D eigenvalue weighted by Crippen LogP contribution is 2.17. The first-order valence-corrected chi connectivity index (χ1v) is 3.90. The fourth-order valence-corrected chi connectivity index (χ4v) is 0.902. The van der Waals surface area contributed by atoms with Crippen LogP contribution < -0.4 is 5.73 Å². The largest absolute Gasteiger partial charge is 0.386 e. The highest BCUT2D eigenvalue weighted by Gasteiger charge is 2.16. The van der Waals surface area contributed by atoms with Gasteiger partial charge < -0.3 is 10.8 Å². The van der Waals surface area contributed by atoms with Crippen LogP contribution in [0.3, 0.4) is 0 Å². The fourth-order valence-electron chi connectivity index (χ4n) is 0.902. The molecule has 0 radical (unpaired) electrons. The number of amides is 1. The molecule has 1 amide bonds. The number of nitrogens with zero attached hydrogens (tertiary/aromatic N) is 1. The lowest BCUT2D eigenvalue weighted by molar-refractivity contribution is 0.0780. The summed E-state index contributed by atoms with van der Waals surface area (Å²) in [7, 11) is 0. The summed E-state index contributed by atoms with van der Waals surface area (Å²) in [6, 6.07) is 3.13. The van der Waals surface area contributed by atoms with Crippen molar-refractivity contribution in [2.45, 2.75) is 19.4 Å². The Labute approximate surface area is 76.4 Å². The summed E-state index contributed by atoms with van der Waals surface area (Å²) < 4.78 is 0. The fraction of sp³-hybridized carbons (Fsp3) is 0.333. The third-order valence-corrected chi connectivity index (χ3v) is 1.72. The Morgan fingerprint density at radius 3 is 2.46 bits per heavy atom. The molecular formula is C9H12N2O2. The standard InChI is InChI=1S/C9H12N2O2/c1-9(2,13)6-3-4-7(8(10)12)11-5-6/h3-5,13H,1-2H3,(H2,10,12). The molecule has 1 aromatic heterocycles. The van der Waals surface area contributed by atoms with Gasteiger partial charge in [-0.2, -0.15) is 0 Å². The second kappa shape index (κ2) is 3.14. The highest BCUT2D eigenvalue weighted by atomic mass is 16.3. The van der Waals surface area contributed by atoms with E-state index in [1.54, 1.807) is 19.9 Å². The van der Waals surface area contributed by atoms with Crippen molar-refractivity contribution in [2.24, 2.45) is 5.73 Å². The summed E-state index contributed by atoms with van der Waals surface area (Å²) in [5.41, 5.74) is 4.92. The third kappa shape index (κ3) is 2.26. The molecule has 0 spiro atoms. The number of primary amides is 1. The number of nitrogens with two attached hydrogens (primary N) is 1. The zero-order valence-corrected chi connectivity index (χ0v) is 7.61. The van der Waals surface area contributed by atoms with E-state index in [9.17, 15) is 9.90 Å². The molecule has 0 saturated carbocycles. The van der Waals surface area contributed by atoms with Crippen LogP contribution >= 0.6 is 0 Å². The maximum atomic E-state index is 10.7. The Balaban J connectivity index is 3.01. The number of carbonyl (C=O) groups excluding carboxylic acids is 1. The van der Waals surface area contributed by atoms with Crippen LogP contribution in [0.2, 0.25) is 0 Å². The molecule has 70 valence electrons. The van der Waals surface area contributed by atoms with E-state index in [0.29, 0.717) is 5.56 Å². The van der Waals surface area contributed by atoms with Gasteiger partial charge in [0.15, 0.2) is 0 Å². The van der Waals surface area contributed by atoms with E-state index in [1.165, 1.54) is 12.3 Å². The summed E-state index contributed by atoms with van der Waals surface area (Å²) in [5, 5.41) is 9.56. The molecule has 0 aliphatic carbocycles. The predicted octanol–water partition coefficient (Wildman–Crippen LogP) is 0.408. The molecule has 0 aliphatic rings. The molecule has 1 heterocycles. The van der Waals surface area contributed by atoms with Crippen molar-refractivity contribution >= 4 is 5.91 Å². The minimum atomic E-state index is -0.941. The zero-order chi connectivity index (χ0) is 10.1. The van der Waals surface area contributed by atoms with E-state index in [1.807, 2.05) is 0 Å². The Morgan fingerprint density at radius 1 is 1.54 bits per heavy atom. The summed E-state index contributed by atoms with van der Waals surface area (Å²) in [6.45, 7) is 3.29. The van der Waals surface area contributed by atoms with Crippen LogP contribution in [0.25, 0.3) is 0 Å². The number of carbonyl (C=O) groups is 1. The first-order valence-electron chi connectivity index (χ1n) is 3.90. The molecule has 0 unspecified atom stereocenters. The molecular weight excluding hydrogens is 168 g/mol. The van der Waals surface area contributed by atoms with E-state index in [4.69, 9.17) is 5.73 Å². The van der Waals surface area contributed by atoms with Gasteiger partial charge in [0.05, 0.1) is 5.60 Å². The van der Waals surface area contributed by atoms with E-state index in [0.717, 1.165) is 0 Å². The summed E-state index contributed by atoms with van der Waals surface area (Å²) >= 11 is 0. The van der Waals surface area contributed by atoms with Gasteiger partial charge in [-0.1, -0.05) is 6.07 Å². The Kier molecular flexibility index (Phi) is 2.34. The lowest BCUT2D eigenvalue weighted by atomic mass is 10.0. The molecule has 0 atom stereocenters. The Bertz CT molecular complexity index is 311.